The second-order valence-corrected chi connectivity index (χ2v) is 12.0. The molecule has 0 aliphatic carbocycles. The Balaban J connectivity index is 1.64. The van der Waals surface area contributed by atoms with Gasteiger partial charge in [-0.3, -0.25) is 13.6 Å². The van der Waals surface area contributed by atoms with Crippen molar-refractivity contribution in [2.75, 3.05) is 46.0 Å². The van der Waals surface area contributed by atoms with Crippen LogP contribution in [0, 0.1) is 0 Å². The van der Waals surface area contributed by atoms with E-state index in [-0.39, 0.29) is 25.7 Å². The van der Waals surface area contributed by atoms with Crippen LogP contribution in [-0.4, -0.2) is 78.2 Å². The summed E-state index contributed by atoms with van der Waals surface area (Å²) >= 11 is 1.37. The van der Waals surface area contributed by atoms with E-state index in [1.807, 2.05) is 38.1 Å². The van der Waals surface area contributed by atoms with Crippen LogP contribution in [0.25, 0.3) is 11.2 Å². The Hall–Kier alpha value is -3.63. The maximum Gasteiger partial charge on any atom is 0.510 e. The van der Waals surface area contributed by atoms with Crippen LogP contribution < -0.4 is 10.5 Å². The third-order valence-electron chi connectivity index (χ3n) is 5.39. The standard InChI is InChI=1S/C26H36N5O11PS/c1-5-11-36-25(32)38-15-41-43(34,42-16-39-26(33)37-12-6-2)17-40-18(3)13-31-14-28-21-22(31)29-24(27)30-23(21)44-20-9-7-19(35-4)8-10-20/h7-10,14,18H,5-6,11-13,15-17H2,1-4H3,(H2,27,29,30). The minimum absolute atomic E-state index is 0.0602. The molecule has 0 aliphatic rings. The number of ether oxygens (including phenoxy) is 6. The molecule has 0 bridgehead atoms. The van der Waals surface area contributed by atoms with Crippen molar-refractivity contribution in [3.63, 3.8) is 0 Å². The Bertz CT molecular complexity index is 1380. The first-order valence-corrected chi connectivity index (χ1v) is 16.1. The van der Waals surface area contributed by atoms with Gasteiger partial charge in [-0.25, -0.2) is 19.6 Å². The fourth-order valence-corrected chi connectivity index (χ4v) is 5.28. The van der Waals surface area contributed by atoms with Crippen LogP contribution in [0.4, 0.5) is 15.5 Å². The smallest absolute Gasteiger partial charge is 0.497 e. The molecule has 3 rings (SSSR count). The van der Waals surface area contributed by atoms with Crippen molar-refractivity contribution in [2.24, 2.45) is 0 Å². The first kappa shape index (κ1) is 34.9. The molecule has 242 valence electrons. The maximum absolute atomic E-state index is 13.3. The van der Waals surface area contributed by atoms with E-state index >= 15 is 0 Å². The third-order valence-corrected chi connectivity index (χ3v) is 7.84. The highest BCUT2D eigenvalue weighted by Gasteiger charge is 2.29. The number of imidazole rings is 1. The number of anilines is 1. The summed E-state index contributed by atoms with van der Waals surface area (Å²) in [6.45, 7) is 4.33. The van der Waals surface area contributed by atoms with E-state index in [1.165, 1.54) is 11.8 Å². The first-order valence-electron chi connectivity index (χ1n) is 13.5. The highest BCUT2D eigenvalue weighted by atomic mass is 32.2. The van der Waals surface area contributed by atoms with Gasteiger partial charge in [0.05, 0.1) is 39.3 Å². The van der Waals surface area contributed by atoms with E-state index < -0.39 is 45.9 Å². The molecule has 0 radical (unpaired) electrons. The van der Waals surface area contributed by atoms with E-state index in [1.54, 1.807) is 24.9 Å². The molecule has 1 atom stereocenters. The van der Waals surface area contributed by atoms with Gasteiger partial charge < -0.3 is 38.7 Å². The number of hydrogen-bond acceptors (Lipinski definition) is 16. The van der Waals surface area contributed by atoms with Crippen LogP contribution in [-0.2, 0) is 43.8 Å². The van der Waals surface area contributed by atoms with Crippen LogP contribution in [0.2, 0.25) is 0 Å². The monoisotopic (exact) mass is 657 g/mol. The van der Waals surface area contributed by atoms with Gasteiger partial charge >= 0.3 is 19.9 Å². The molecule has 0 saturated carbocycles. The van der Waals surface area contributed by atoms with Crippen LogP contribution >= 0.6 is 19.4 Å². The van der Waals surface area contributed by atoms with E-state index in [4.69, 9.17) is 43.2 Å². The Morgan fingerprint density at radius 1 is 0.977 bits per heavy atom. The molecule has 2 heterocycles. The molecule has 18 heteroatoms. The normalized spacial score (nSPS) is 12.1. The van der Waals surface area contributed by atoms with E-state index in [0.29, 0.717) is 29.0 Å². The number of benzene rings is 1. The lowest BCUT2D eigenvalue weighted by molar-refractivity contribution is -0.0291. The SMILES string of the molecule is CCCOC(=O)OCOP(=O)(COC(C)Cn1cnc2c(Sc3ccc(OC)cc3)nc(N)nc21)OCOC(=O)OCCC. The van der Waals surface area contributed by atoms with Gasteiger partial charge in [-0.15, -0.1) is 0 Å². The molecular weight excluding hydrogens is 621 g/mol. The van der Waals surface area contributed by atoms with E-state index in [2.05, 4.69) is 15.0 Å². The fourth-order valence-electron chi connectivity index (χ4n) is 3.32. The summed E-state index contributed by atoms with van der Waals surface area (Å²) in [6.07, 6.45) is -0.431. The van der Waals surface area contributed by atoms with Crippen molar-refractivity contribution in [3.05, 3.63) is 30.6 Å². The number of hydrogen-bond donors (Lipinski definition) is 1. The van der Waals surface area contributed by atoms with Crippen LogP contribution in [0.1, 0.15) is 33.6 Å². The molecule has 3 aromatic rings. The van der Waals surface area contributed by atoms with Crippen molar-refractivity contribution in [1.82, 2.24) is 19.5 Å². The van der Waals surface area contributed by atoms with E-state index in [0.717, 1.165) is 10.6 Å². The third kappa shape index (κ3) is 11.1. The predicted octanol–water partition coefficient (Wildman–Crippen LogP) is 5.20. The lowest BCUT2D eigenvalue weighted by atomic mass is 10.3. The number of rotatable bonds is 18. The summed E-state index contributed by atoms with van der Waals surface area (Å²) in [7, 11) is -2.51. The van der Waals surface area contributed by atoms with Gasteiger partial charge in [-0.2, -0.15) is 4.98 Å². The van der Waals surface area contributed by atoms with Gasteiger partial charge in [0.1, 0.15) is 22.6 Å². The van der Waals surface area contributed by atoms with Gasteiger partial charge in [0, 0.05) is 4.90 Å². The lowest BCUT2D eigenvalue weighted by Crippen LogP contribution is -2.19. The van der Waals surface area contributed by atoms with Crippen LogP contribution in [0.15, 0.2) is 40.5 Å². The molecule has 0 fully saturated rings. The topological polar surface area (TPSA) is 195 Å². The highest BCUT2D eigenvalue weighted by Crippen LogP contribution is 2.48. The molecule has 1 unspecified atom stereocenters. The van der Waals surface area contributed by atoms with Crippen molar-refractivity contribution in [1.29, 1.82) is 0 Å². The zero-order valence-electron chi connectivity index (χ0n) is 24.8. The van der Waals surface area contributed by atoms with Gasteiger partial charge in [0.15, 0.2) is 5.65 Å². The molecule has 0 spiro atoms. The zero-order valence-corrected chi connectivity index (χ0v) is 26.5. The zero-order chi connectivity index (χ0) is 32.0. The average molecular weight is 658 g/mol. The van der Waals surface area contributed by atoms with Gasteiger partial charge in [0.2, 0.25) is 19.5 Å². The fraction of sp³-hybridized carbons (Fsp3) is 0.500. The molecule has 2 N–H and O–H groups in total. The number of aromatic nitrogens is 4. The van der Waals surface area contributed by atoms with Crippen molar-refractivity contribution in [2.45, 2.75) is 56.2 Å². The summed E-state index contributed by atoms with van der Waals surface area (Å²) in [5.74, 6) is 0.786. The van der Waals surface area contributed by atoms with Crippen molar-refractivity contribution in [3.8, 4) is 5.75 Å². The molecule has 16 nitrogen and oxygen atoms in total. The predicted molar refractivity (Wildman–Crippen MR) is 157 cm³/mol. The van der Waals surface area contributed by atoms with Crippen molar-refractivity contribution >= 4 is 48.8 Å². The molecule has 0 aliphatic heterocycles. The Morgan fingerprint density at radius 3 is 2.16 bits per heavy atom. The number of nitrogens with zero attached hydrogens (tertiary/aromatic N) is 4. The van der Waals surface area contributed by atoms with Crippen molar-refractivity contribution < 1.29 is 51.6 Å². The number of carbonyl (C=O) groups excluding carboxylic acids is 2. The van der Waals surface area contributed by atoms with Gasteiger partial charge in [-0.05, 0) is 44.0 Å². The second-order valence-electron chi connectivity index (χ2n) is 8.93. The number of carbonyl (C=O) groups is 2. The Kier molecular flexibility index (Phi) is 14.0. The van der Waals surface area contributed by atoms with Crippen LogP contribution in [0.3, 0.4) is 0 Å². The largest absolute Gasteiger partial charge is 0.510 e. The Morgan fingerprint density at radius 2 is 1.59 bits per heavy atom. The summed E-state index contributed by atoms with van der Waals surface area (Å²) in [5, 5.41) is 0.561. The van der Waals surface area contributed by atoms with E-state index in [9.17, 15) is 14.2 Å². The van der Waals surface area contributed by atoms with Gasteiger partial charge in [0.25, 0.3) is 0 Å². The second kappa shape index (κ2) is 17.6. The molecule has 0 amide bonds. The van der Waals surface area contributed by atoms with Gasteiger partial charge in [-0.1, -0.05) is 25.6 Å². The molecule has 2 aromatic heterocycles. The summed E-state index contributed by atoms with van der Waals surface area (Å²) < 4.78 is 55.5. The maximum atomic E-state index is 13.3. The molecule has 44 heavy (non-hydrogen) atoms. The lowest BCUT2D eigenvalue weighted by Gasteiger charge is -2.21. The Labute approximate surface area is 258 Å². The minimum atomic E-state index is -4.11. The number of methoxy groups -OCH3 is 1. The molecule has 0 saturated heterocycles. The highest BCUT2D eigenvalue weighted by molar-refractivity contribution is 7.99. The molecular formula is C26H36N5O11PS. The average Bonchev–Trinajstić information content (AvgIpc) is 3.40. The molecule has 1 aromatic carbocycles. The quantitative estimate of drug-likeness (QED) is 0.0810. The number of nitrogen functional groups attached to an aromatic ring is 1. The van der Waals surface area contributed by atoms with Crippen LogP contribution in [0.5, 0.6) is 5.75 Å². The number of fused-ring (bicyclic) bond motifs is 1. The summed E-state index contributed by atoms with van der Waals surface area (Å²) in [6, 6.07) is 7.45. The summed E-state index contributed by atoms with van der Waals surface area (Å²) in [4.78, 5) is 37.3. The minimum Gasteiger partial charge on any atom is -0.497 e. The summed E-state index contributed by atoms with van der Waals surface area (Å²) in [5.41, 5.74) is 7.00. The first-order chi connectivity index (χ1) is 21.2. The number of nitrogens with two attached hydrogens (primary N) is 1.